The summed E-state index contributed by atoms with van der Waals surface area (Å²) in [7, 11) is 1.74. The summed E-state index contributed by atoms with van der Waals surface area (Å²) in [5.74, 6) is -0.788. The normalized spacial score (nSPS) is 19.4. The lowest BCUT2D eigenvalue weighted by Crippen LogP contribution is -2.47. The van der Waals surface area contributed by atoms with Crippen LogP contribution in [0.15, 0.2) is 30.3 Å². The van der Waals surface area contributed by atoms with Crippen molar-refractivity contribution in [2.75, 3.05) is 26.9 Å². The van der Waals surface area contributed by atoms with Crippen LogP contribution >= 0.6 is 0 Å². The maximum Gasteiger partial charge on any atom is 0.320 e. The second-order valence-corrected chi connectivity index (χ2v) is 8.82. The molecule has 0 radical (unpaired) electrons. The zero-order chi connectivity index (χ0) is 23.0. The molecular weight excluding hydrogens is 406 g/mol. The summed E-state index contributed by atoms with van der Waals surface area (Å²) in [6, 6.07) is 10.1. The van der Waals surface area contributed by atoms with Crippen molar-refractivity contribution in [2.24, 2.45) is 0 Å². The molecule has 0 spiro atoms. The van der Waals surface area contributed by atoms with Gasteiger partial charge in [-0.1, -0.05) is 50.1 Å². The summed E-state index contributed by atoms with van der Waals surface area (Å²) in [5, 5.41) is 12.9. The molecule has 1 aliphatic rings. The molecule has 1 heterocycles. The van der Waals surface area contributed by atoms with E-state index in [1.807, 2.05) is 6.07 Å². The van der Waals surface area contributed by atoms with Crippen LogP contribution in [0, 0.1) is 0 Å². The average molecular weight is 450 g/mol. The quantitative estimate of drug-likeness (QED) is 0.339. The van der Waals surface area contributed by atoms with Crippen molar-refractivity contribution in [2.45, 2.75) is 95.4 Å². The number of aryl methyl sites for hydroxylation is 1. The Morgan fingerprint density at radius 3 is 2.59 bits per heavy atom. The van der Waals surface area contributed by atoms with Gasteiger partial charge in [-0.25, -0.2) is 0 Å². The molecule has 182 valence electrons. The number of unbranched alkanes of at least 4 members (excludes halogenated alkanes) is 1. The van der Waals surface area contributed by atoms with E-state index >= 15 is 0 Å². The van der Waals surface area contributed by atoms with E-state index < -0.39 is 12.0 Å². The van der Waals surface area contributed by atoms with Gasteiger partial charge in [0, 0.05) is 26.4 Å². The van der Waals surface area contributed by atoms with E-state index in [2.05, 4.69) is 36.5 Å². The van der Waals surface area contributed by atoms with Gasteiger partial charge in [-0.3, -0.25) is 10.1 Å². The number of hydrogen-bond acceptors (Lipinski definition) is 5. The predicted molar refractivity (Wildman–Crippen MR) is 127 cm³/mol. The van der Waals surface area contributed by atoms with Gasteiger partial charge in [0.25, 0.3) is 0 Å². The Hall–Kier alpha value is -1.47. The van der Waals surface area contributed by atoms with Crippen molar-refractivity contribution < 1.29 is 24.1 Å². The van der Waals surface area contributed by atoms with Crippen molar-refractivity contribution in [3.8, 4) is 0 Å². The van der Waals surface area contributed by atoms with E-state index in [1.165, 1.54) is 5.56 Å². The fraction of sp³-hybridized carbons (Fsp3) is 0.731. The second-order valence-electron chi connectivity index (χ2n) is 8.82. The van der Waals surface area contributed by atoms with Gasteiger partial charge >= 0.3 is 5.97 Å². The monoisotopic (exact) mass is 449 g/mol. The van der Waals surface area contributed by atoms with E-state index in [-0.39, 0.29) is 18.2 Å². The lowest BCUT2D eigenvalue weighted by molar-refractivity contribution is -0.140. The van der Waals surface area contributed by atoms with Crippen LogP contribution in [0.5, 0.6) is 0 Å². The van der Waals surface area contributed by atoms with Crippen molar-refractivity contribution in [1.29, 1.82) is 0 Å². The summed E-state index contributed by atoms with van der Waals surface area (Å²) < 4.78 is 17.6. The lowest BCUT2D eigenvalue weighted by atomic mass is 9.99. The van der Waals surface area contributed by atoms with Crippen LogP contribution in [0.2, 0.25) is 0 Å². The molecule has 6 nitrogen and oxygen atoms in total. The highest BCUT2D eigenvalue weighted by Gasteiger charge is 2.25. The van der Waals surface area contributed by atoms with Crippen molar-refractivity contribution in [1.82, 2.24) is 5.32 Å². The maximum atomic E-state index is 11.7. The van der Waals surface area contributed by atoms with E-state index in [0.29, 0.717) is 19.6 Å². The molecule has 6 heteroatoms. The minimum Gasteiger partial charge on any atom is -0.480 e. The number of carboxylic acid groups (broad SMARTS) is 1. The number of carboxylic acids is 1. The molecule has 0 aliphatic carbocycles. The topological polar surface area (TPSA) is 77.0 Å². The highest BCUT2D eigenvalue weighted by Crippen LogP contribution is 2.19. The highest BCUT2D eigenvalue weighted by molar-refractivity contribution is 5.73. The first-order valence-corrected chi connectivity index (χ1v) is 12.4. The number of aliphatic carboxylic acids is 1. The number of rotatable bonds is 17. The Bertz CT molecular complexity index is 605. The Kier molecular flexibility index (Phi) is 13.5. The van der Waals surface area contributed by atoms with Crippen LogP contribution in [-0.2, 0) is 25.4 Å². The first-order chi connectivity index (χ1) is 15.6. The fourth-order valence-corrected chi connectivity index (χ4v) is 4.35. The molecule has 0 bridgehead atoms. The summed E-state index contributed by atoms with van der Waals surface area (Å²) >= 11 is 0. The molecule has 0 amide bonds. The van der Waals surface area contributed by atoms with Gasteiger partial charge in [0.1, 0.15) is 6.04 Å². The first-order valence-electron chi connectivity index (χ1n) is 12.4. The molecule has 2 N–H and O–H groups in total. The Morgan fingerprint density at radius 1 is 1.16 bits per heavy atom. The van der Waals surface area contributed by atoms with Gasteiger partial charge in [0.05, 0.1) is 18.8 Å². The molecule has 1 aliphatic heterocycles. The van der Waals surface area contributed by atoms with Gasteiger partial charge in [-0.15, -0.1) is 0 Å². The number of nitrogens with one attached hydrogen (secondary N) is 1. The van der Waals surface area contributed by atoms with Crippen molar-refractivity contribution in [3.05, 3.63) is 35.9 Å². The predicted octanol–water partition coefficient (Wildman–Crippen LogP) is 4.60. The van der Waals surface area contributed by atoms with Crippen LogP contribution < -0.4 is 5.32 Å². The minimum atomic E-state index is -0.788. The molecule has 0 unspecified atom stereocenters. The number of carbonyl (C=O) groups is 1. The standard InChI is InChI=1S/C26H43NO5/c1-3-4-16-25(32-19-9-13-21-11-6-5-7-12-21)24(30-2)17-8-15-23(26(28)29)27-22-14-10-18-31-20-22/h5-7,11-12,22-25,27H,3-4,8-10,13-20H2,1-2H3,(H,28,29)/t22-,23+,24+,25-/m1/s1. The minimum absolute atomic E-state index is 0.00858. The van der Waals surface area contributed by atoms with Crippen LogP contribution in [0.3, 0.4) is 0 Å². The van der Waals surface area contributed by atoms with E-state index in [4.69, 9.17) is 14.2 Å². The largest absolute Gasteiger partial charge is 0.480 e. The number of hydrogen-bond donors (Lipinski definition) is 2. The zero-order valence-electron chi connectivity index (χ0n) is 20.0. The molecule has 32 heavy (non-hydrogen) atoms. The highest BCUT2D eigenvalue weighted by atomic mass is 16.5. The molecule has 2 rings (SSSR count). The number of methoxy groups -OCH3 is 1. The summed E-state index contributed by atoms with van der Waals surface area (Å²) in [6.07, 6.45) is 9.36. The van der Waals surface area contributed by atoms with Crippen LogP contribution in [-0.4, -0.2) is 62.3 Å². The van der Waals surface area contributed by atoms with Gasteiger partial charge < -0.3 is 19.3 Å². The molecular formula is C26H43NO5. The lowest BCUT2D eigenvalue weighted by Gasteiger charge is -2.28. The van der Waals surface area contributed by atoms with Gasteiger partial charge in [0.15, 0.2) is 0 Å². The number of ether oxygens (including phenoxy) is 3. The molecule has 0 aromatic heterocycles. The van der Waals surface area contributed by atoms with Gasteiger partial charge in [-0.05, 0) is 56.9 Å². The van der Waals surface area contributed by atoms with Crippen molar-refractivity contribution >= 4 is 5.97 Å². The molecule has 0 saturated carbocycles. The van der Waals surface area contributed by atoms with E-state index in [0.717, 1.165) is 64.4 Å². The van der Waals surface area contributed by atoms with E-state index in [9.17, 15) is 9.90 Å². The maximum absolute atomic E-state index is 11.7. The third-order valence-electron chi connectivity index (χ3n) is 6.22. The smallest absolute Gasteiger partial charge is 0.320 e. The van der Waals surface area contributed by atoms with Crippen LogP contribution in [0.25, 0.3) is 0 Å². The zero-order valence-corrected chi connectivity index (χ0v) is 20.0. The van der Waals surface area contributed by atoms with Crippen LogP contribution in [0.4, 0.5) is 0 Å². The summed E-state index contributed by atoms with van der Waals surface area (Å²) in [6.45, 7) is 4.27. The fourth-order valence-electron chi connectivity index (χ4n) is 4.35. The van der Waals surface area contributed by atoms with E-state index in [1.54, 1.807) is 7.11 Å². The SMILES string of the molecule is CCCC[C@@H](OCCCc1ccccc1)[C@H](CCC[C@H](N[C@@H]1CCCOC1)C(=O)O)OC. The van der Waals surface area contributed by atoms with Crippen molar-refractivity contribution in [3.63, 3.8) is 0 Å². The Labute approximate surface area is 194 Å². The summed E-state index contributed by atoms with van der Waals surface area (Å²) in [5.41, 5.74) is 1.33. The Morgan fingerprint density at radius 2 is 1.94 bits per heavy atom. The van der Waals surface area contributed by atoms with Gasteiger partial charge in [0.2, 0.25) is 0 Å². The third kappa shape index (κ3) is 10.4. The average Bonchev–Trinajstić information content (AvgIpc) is 2.82. The number of benzene rings is 1. The molecule has 1 aromatic carbocycles. The Balaban J connectivity index is 1.77. The second kappa shape index (κ2) is 16.2. The third-order valence-corrected chi connectivity index (χ3v) is 6.22. The molecule has 1 fully saturated rings. The molecule has 1 saturated heterocycles. The molecule has 4 atom stereocenters. The first kappa shape index (κ1) is 26.8. The summed E-state index contributed by atoms with van der Waals surface area (Å²) in [4.78, 5) is 11.7. The molecule has 1 aromatic rings. The van der Waals surface area contributed by atoms with Crippen LogP contribution in [0.1, 0.15) is 70.3 Å². The van der Waals surface area contributed by atoms with Gasteiger partial charge in [-0.2, -0.15) is 0 Å².